The molecular weight excluding hydrogens is 382 g/mol. The standard InChI is InChI=1S/C27H39N3O/c1-18-5-7-21-20(14-18)6-8-23-22(21)11-12-27(2)24(23)9-10-25(27)26(31)4-3-13-30-17-19(15-28)16-29-30/h16-18,20-25H,3-14H2,1-2H3. The van der Waals surface area contributed by atoms with Gasteiger partial charge >= 0.3 is 0 Å². The summed E-state index contributed by atoms with van der Waals surface area (Å²) in [7, 11) is 0. The van der Waals surface area contributed by atoms with E-state index in [0.29, 0.717) is 17.8 Å². The minimum absolute atomic E-state index is 0.243. The van der Waals surface area contributed by atoms with Crippen LogP contribution in [0.1, 0.15) is 90.0 Å². The first-order chi connectivity index (χ1) is 15.0. The molecule has 0 spiro atoms. The van der Waals surface area contributed by atoms with Crippen molar-refractivity contribution in [2.45, 2.75) is 91.0 Å². The second-order valence-corrected chi connectivity index (χ2v) is 11.7. The molecule has 0 radical (unpaired) electrons. The van der Waals surface area contributed by atoms with E-state index >= 15 is 0 Å². The molecule has 8 unspecified atom stereocenters. The van der Waals surface area contributed by atoms with Gasteiger partial charge in [-0.3, -0.25) is 9.48 Å². The summed E-state index contributed by atoms with van der Waals surface area (Å²) in [5.74, 6) is 6.31. The largest absolute Gasteiger partial charge is 0.299 e. The average molecular weight is 422 g/mol. The van der Waals surface area contributed by atoms with Crippen molar-refractivity contribution in [1.82, 2.24) is 9.78 Å². The zero-order chi connectivity index (χ0) is 21.6. The third kappa shape index (κ3) is 3.77. The molecule has 1 aromatic heterocycles. The molecule has 1 heterocycles. The lowest BCUT2D eigenvalue weighted by Gasteiger charge is -2.56. The maximum absolute atomic E-state index is 13.3. The molecule has 0 amide bonds. The SMILES string of the molecule is CC1CCC2C(CCC3C2CCC2(C)C(C(=O)CCCn4cc(C#N)cn4)CCC32)C1. The lowest BCUT2D eigenvalue weighted by molar-refractivity contribution is -0.130. The Labute approximate surface area is 187 Å². The molecule has 4 saturated carbocycles. The topological polar surface area (TPSA) is 58.7 Å². The van der Waals surface area contributed by atoms with Gasteiger partial charge in [0.1, 0.15) is 11.9 Å². The number of carbonyl (C=O) groups is 1. The highest BCUT2D eigenvalue weighted by Gasteiger charge is 2.58. The second-order valence-electron chi connectivity index (χ2n) is 11.7. The number of Topliss-reactive ketones (excluding diaryl/α,β-unsaturated/α-hetero) is 1. The highest BCUT2D eigenvalue weighted by Crippen LogP contribution is 2.64. The minimum Gasteiger partial charge on any atom is -0.299 e. The van der Waals surface area contributed by atoms with Crippen molar-refractivity contribution >= 4 is 5.78 Å². The van der Waals surface area contributed by atoms with Crippen LogP contribution in [0.2, 0.25) is 0 Å². The van der Waals surface area contributed by atoms with Gasteiger partial charge in [-0.05, 0) is 98.7 Å². The van der Waals surface area contributed by atoms with Crippen LogP contribution in [0.3, 0.4) is 0 Å². The lowest BCUT2D eigenvalue weighted by Crippen LogP contribution is -2.49. The Morgan fingerprint density at radius 2 is 2.00 bits per heavy atom. The second kappa shape index (κ2) is 8.38. The summed E-state index contributed by atoms with van der Waals surface area (Å²) < 4.78 is 1.81. The number of hydrogen-bond acceptors (Lipinski definition) is 3. The number of rotatable bonds is 5. The highest BCUT2D eigenvalue weighted by molar-refractivity contribution is 5.82. The van der Waals surface area contributed by atoms with Crippen molar-refractivity contribution in [2.24, 2.45) is 46.8 Å². The van der Waals surface area contributed by atoms with E-state index in [1.807, 2.05) is 0 Å². The van der Waals surface area contributed by atoms with Gasteiger partial charge < -0.3 is 0 Å². The molecule has 31 heavy (non-hydrogen) atoms. The molecule has 0 aliphatic heterocycles. The maximum atomic E-state index is 13.3. The normalized spacial score (nSPS) is 41.6. The zero-order valence-electron chi connectivity index (χ0n) is 19.4. The Hall–Kier alpha value is -1.63. The average Bonchev–Trinajstić information content (AvgIpc) is 3.37. The molecule has 0 bridgehead atoms. The summed E-state index contributed by atoms with van der Waals surface area (Å²) in [6.45, 7) is 5.67. The number of aromatic nitrogens is 2. The summed E-state index contributed by atoms with van der Waals surface area (Å²) in [6.07, 6.45) is 17.2. The Morgan fingerprint density at radius 3 is 2.81 bits per heavy atom. The highest BCUT2D eigenvalue weighted by atomic mass is 16.1. The van der Waals surface area contributed by atoms with Gasteiger partial charge in [-0.2, -0.15) is 10.4 Å². The minimum atomic E-state index is 0.243. The van der Waals surface area contributed by atoms with Crippen LogP contribution in [-0.4, -0.2) is 15.6 Å². The summed E-state index contributed by atoms with van der Waals surface area (Å²) in [5, 5.41) is 13.2. The third-order valence-electron chi connectivity index (χ3n) is 10.2. The van der Waals surface area contributed by atoms with Crippen LogP contribution in [-0.2, 0) is 11.3 Å². The fourth-order valence-corrected chi connectivity index (χ4v) is 8.75. The molecule has 0 aromatic carbocycles. The smallest absolute Gasteiger partial charge is 0.136 e. The number of hydrogen-bond donors (Lipinski definition) is 0. The Morgan fingerprint density at radius 1 is 1.16 bits per heavy atom. The Kier molecular flexibility index (Phi) is 5.74. The van der Waals surface area contributed by atoms with Crippen LogP contribution in [0.25, 0.3) is 0 Å². The zero-order valence-corrected chi connectivity index (χ0v) is 19.4. The van der Waals surface area contributed by atoms with Crippen molar-refractivity contribution in [2.75, 3.05) is 0 Å². The van der Waals surface area contributed by atoms with Gasteiger partial charge in [0, 0.05) is 25.1 Å². The van der Waals surface area contributed by atoms with E-state index in [0.717, 1.165) is 54.9 Å². The molecule has 5 rings (SSSR count). The van der Waals surface area contributed by atoms with Crippen molar-refractivity contribution in [1.29, 1.82) is 5.26 Å². The molecule has 8 atom stereocenters. The van der Waals surface area contributed by atoms with Crippen LogP contribution < -0.4 is 0 Å². The quantitative estimate of drug-likeness (QED) is 0.585. The fourth-order valence-electron chi connectivity index (χ4n) is 8.75. The van der Waals surface area contributed by atoms with Gasteiger partial charge in [0.25, 0.3) is 0 Å². The number of carbonyl (C=O) groups excluding carboxylic acids is 1. The number of ketones is 1. The van der Waals surface area contributed by atoms with Crippen molar-refractivity contribution in [3.63, 3.8) is 0 Å². The van der Waals surface area contributed by atoms with Crippen LogP contribution in [0, 0.1) is 58.2 Å². The molecule has 168 valence electrons. The molecule has 4 aliphatic rings. The first-order valence-electron chi connectivity index (χ1n) is 12.9. The predicted octanol–water partition coefficient (Wildman–Crippen LogP) is 6.01. The third-order valence-corrected chi connectivity index (χ3v) is 10.2. The molecule has 4 nitrogen and oxygen atoms in total. The number of nitrogens with zero attached hydrogens (tertiary/aromatic N) is 3. The molecule has 1 aromatic rings. The van der Waals surface area contributed by atoms with Crippen LogP contribution in [0.4, 0.5) is 0 Å². The van der Waals surface area contributed by atoms with Crippen LogP contribution >= 0.6 is 0 Å². The first kappa shape index (κ1) is 21.2. The van der Waals surface area contributed by atoms with E-state index in [-0.39, 0.29) is 11.3 Å². The monoisotopic (exact) mass is 421 g/mol. The van der Waals surface area contributed by atoms with Gasteiger partial charge in [0.2, 0.25) is 0 Å². The lowest BCUT2D eigenvalue weighted by atomic mass is 9.49. The van der Waals surface area contributed by atoms with Gasteiger partial charge in [0.05, 0.1) is 11.8 Å². The fraction of sp³-hybridized carbons (Fsp3) is 0.815. The van der Waals surface area contributed by atoms with Gasteiger partial charge in [-0.25, -0.2) is 0 Å². The van der Waals surface area contributed by atoms with E-state index in [4.69, 9.17) is 5.26 Å². The summed E-state index contributed by atoms with van der Waals surface area (Å²) in [6, 6.07) is 2.12. The van der Waals surface area contributed by atoms with E-state index in [1.165, 1.54) is 51.4 Å². The van der Waals surface area contributed by atoms with E-state index in [1.54, 1.807) is 17.1 Å². The molecule has 4 aliphatic carbocycles. The Balaban J connectivity index is 1.21. The molecule has 0 N–H and O–H groups in total. The van der Waals surface area contributed by atoms with E-state index in [9.17, 15) is 4.79 Å². The van der Waals surface area contributed by atoms with Crippen LogP contribution in [0.5, 0.6) is 0 Å². The van der Waals surface area contributed by atoms with Crippen LogP contribution in [0.15, 0.2) is 12.4 Å². The molecular formula is C27H39N3O. The Bertz CT molecular complexity index is 853. The number of fused-ring (bicyclic) bond motifs is 5. The van der Waals surface area contributed by atoms with E-state index < -0.39 is 0 Å². The number of nitriles is 1. The summed E-state index contributed by atoms with van der Waals surface area (Å²) in [4.78, 5) is 13.3. The van der Waals surface area contributed by atoms with E-state index in [2.05, 4.69) is 25.0 Å². The van der Waals surface area contributed by atoms with Crippen molar-refractivity contribution < 1.29 is 4.79 Å². The maximum Gasteiger partial charge on any atom is 0.136 e. The van der Waals surface area contributed by atoms with Crippen molar-refractivity contribution in [3.05, 3.63) is 18.0 Å². The van der Waals surface area contributed by atoms with Gasteiger partial charge in [-0.1, -0.05) is 20.3 Å². The predicted molar refractivity (Wildman–Crippen MR) is 121 cm³/mol. The van der Waals surface area contributed by atoms with Gasteiger partial charge in [-0.15, -0.1) is 0 Å². The molecule has 4 fully saturated rings. The summed E-state index contributed by atoms with van der Waals surface area (Å²) in [5.41, 5.74) is 0.837. The molecule has 0 saturated heterocycles. The summed E-state index contributed by atoms with van der Waals surface area (Å²) >= 11 is 0. The van der Waals surface area contributed by atoms with Gasteiger partial charge in [0.15, 0.2) is 0 Å². The number of aryl methyl sites for hydroxylation is 1. The molecule has 4 heteroatoms. The first-order valence-corrected chi connectivity index (χ1v) is 12.9. The van der Waals surface area contributed by atoms with Crippen molar-refractivity contribution in [3.8, 4) is 6.07 Å².